The fraction of sp³-hybridized carbons (Fsp3) is 0.250. The number of hydrogen-bond donors (Lipinski definition) is 2. The first-order chi connectivity index (χ1) is 5.93. The van der Waals surface area contributed by atoms with Crippen LogP contribution in [-0.2, 0) is 14.8 Å². The van der Waals surface area contributed by atoms with Crippen LogP contribution in [0.25, 0.3) is 0 Å². The van der Waals surface area contributed by atoms with Gasteiger partial charge in [0.15, 0.2) is 0 Å². The Morgan fingerprint density at radius 2 is 2.23 bits per heavy atom. The molecule has 0 aliphatic heterocycles. The lowest BCUT2D eigenvalue weighted by molar-refractivity contribution is -0.117. The molecule has 0 bridgehead atoms. The van der Waals surface area contributed by atoms with Gasteiger partial charge in [0, 0.05) is 18.5 Å². The fourth-order valence-electron chi connectivity index (χ4n) is 0.614. The summed E-state index contributed by atoms with van der Waals surface area (Å²) in [4.78, 5) is 10.5. The normalized spacial score (nSPS) is 11.2. The van der Waals surface area contributed by atoms with Gasteiger partial charge in [0.05, 0.1) is 0 Å². The molecule has 72 valence electrons. The Morgan fingerprint density at radius 1 is 1.62 bits per heavy atom. The van der Waals surface area contributed by atoms with Crippen LogP contribution in [0.2, 0.25) is 0 Å². The maximum Gasteiger partial charge on any atom is 0.286 e. The first-order valence-corrected chi connectivity index (χ1v) is 5.30. The highest BCUT2D eigenvalue weighted by Gasteiger charge is 2.22. The molecule has 0 aliphatic carbocycles. The number of hydrogen-bond acceptors (Lipinski definition) is 7. The van der Waals surface area contributed by atoms with Gasteiger partial charge in [0.1, 0.15) is 5.00 Å². The molecular weight excluding hydrogens is 216 g/mol. The molecule has 7 nitrogen and oxygen atoms in total. The van der Waals surface area contributed by atoms with Crippen LogP contribution in [0.5, 0.6) is 0 Å². The second kappa shape index (κ2) is 3.26. The van der Waals surface area contributed by atoms with Gasteiger partial charge >= 0.3 is 0 Å². The van der Waals surface area contributed by atoms with Crippen molar-refractivity contribution in [1.82, 2.24) is 14.3 Å². The van der Waals surface area contributed by atoms with Crippen LogP contribution in [0.3, 0.4) is 0 Å². The lowest BCUT2D eigenvalue weighted by atomic mass is 10.8. The Morgan fingerprint density at radius 3 is 2.62 bits per heavy atom. The zero-order valence-corrected chi connectivity index (χ0v) is 8.15. The Kier molecular flexibility index (Phi) is 2.48. The van der Waals surface area contributed by atoms with Crippen LogP contribution in [-0.4, -0.2) is 23.9 Å². The van der Waals surface area contributed by atoms with Gasteiger partial charge in [-0.3, -0.25) is 4.79 Å². The van der Waals surface area contributed by atoms with E-state index in [0.29, 0.717) is 0 Å². The zero-order valence-electron chi connectivity index (χ0n) is 6.51. The summed E-state index contributed by atoms with van der Waals surface area (Å²) in [6, 6.07) is 0. The molecule has 0 spiro atoms. The summed E-state index contributed by atoms with van der Waals surface area (Å²) in [6.07, 6.45) is 0. The van der Waals surface area contributed by atoms with Crippen molar-refractivity contribution in [3.63, 3.8) is 0 Å². The number of anilines is 1. The van der Waals surface area contributed by atoms with Crippen molar-refractivity contribution in [2.45, 2.75) is 11.9 Å². The minimum atomic E-state index is -3.93. The zero-order chi connectivity index (χ0) is 10.1. The number of aromatic nitrogens is 2. The molecule has 0 saturated carbocycles. The summed E-state index contributed by atoms with van der Waals surface area (Å²) < 4.78 is 27.5. The standard InChI is InChI=1S/C4H6N4O3S2/c1-2(9)7-13(10,11)4-3(5)12-8-6-4/h5H2,1H3,(H,7,9). The Labute approximate surface area is 78.2 Å². The summed E-state index contributed by atoms with van der Waals surface area (Å²) in [7, 11) is -3.93. The number of carbonyl (C=O) groups excluding carboxylic acids is 1. The van der Waals surface area contributed by atoms with Gasteiger partial charge in [-0.1, -0.05) is 4.49 Å². The van der Waals surface area contributed by atoms with Crippen LogP contribution in [0.4, 0.5) is 5.00 Å². The molecule has 1 rings (SSSR count). The first-order valence-electron chi connectivity index (χ1n) is 3.04. The third kappa shape index (κ3) is 2.12. The van der Waals surface area contributed by atoms with Crippen molar-refractivity contribution in [3.05, 3.63) is 0 Å². The second-order valence-corrected chi connectivity index (χ2v) is 4.49. The van der Waals surface area contributed by atoms with Crippen molar-refractivity contribution in [3.8, 4) is 0 Å². The smallest absolute Gasteiger partial charge is 0.286 e. The van der Waals surface area contributed by atoms with Crippen molar-refractivity contribution in [2.24, 2.45) is 0 Å². The average Bonchev–Trinajstić information content (AvgIpc) is 2.32. The predicted octanol–water partition coefficient (Wildman–Crippen LogP) is -1.05. The molecular formula is C4H6N4O3S2. The number of nitrogens with zero attached hydrogens (tertiary/aromatic N) is 2. The number of nitrogens with one attached hydrogen (secondary N) is 1. The molecule has 0 aliphatic rings. The number of nitrogens with two attached hydrogens (primary N) is 1. The molecule has 3 N–H and O–H groups in total. The molecule has 0 saturated heterocycles. The van der Waals surface area contributed by atoms with Crippen LogP contribution in [0.15, 0.2) is 5.03 Å². The molecule has 0 atom stereocenters. The van der Waals surface area contributed by atoms with Gasteiger partial charge in [-0.05, 0) is 0 Å². The van der Waals surface area contributed by atoms with Gasteiger partial charge in [0.25, 0.3) is 10.0 Å². The molecule has 0 fully saturated rings. The van der Waals surface area contributed by atoms with Crippen LogP contribution in [0.1, 0.15) is 6.92 Å². The van der Waals surface area contributed by atoms with E-state index in [0.717, 1.165) is 18.5 Å². The maximum atomic E-state index is 11.2. The summed E-state index contributed by atoms with van der Waals surface area (Å²) in [5.41, 5.74) is 5.27. The second-order valence-electron chi connectivity index (χ2n) is 2.10. The SMILES string of the molecule is CC(=O)NS(=O)(=O)c1nnsc1N. The van der Waals surface area contributed by atoms with E-state index < -0.39 is 21.0 Å². The van der Waals surface area contributed by atoms with Crippen molar-refractivity contribution >= 4 is 32.5 Å². The molecule has 13 heavy (non-hydrogen) atoms. The highest BCUT2D eigenvalue weighted by molar-refractivity contribution is 7.90. The molecule has 1 aromatic rings. The molecule has 1 heterocycles. The van der Waals surface area contributed by atoms with E-state index in [4.69, 9.17) is 5.73 Å². The maximum absolute atomic E-state index is 11.2. The minimum absolute atomic E-state index is 0.0475. The Bertz CT molecular complexity index is 422. The molecule has 1 aromatic heterocycles. The first kappa shape index (κ1) is 9.86. The fourth-order valence-corrected chi connectivity index (χ4v) is 2.32. The number of rotatable bonds is 2. The van der Waals surface area contributed by atoms with E-state index >= 15 is 0 Å². The largest absolute Gasteiger partial charge is 0.387 e. The average molecular weight is 222 g/mol. The third-order valence-corrected chi connectivity index (χ3v) is 3.06. The quantitative estimate of drug-likeness (QED) is 0.659. The highest BCUT2D eigenvalue weighted by Crippen LogP contribution is 2.17. The van der Waals surface area contributed by atoms with Gasteiger partial charge < -0.3 is 5.73 Å². The van der Waals surface area contributed by atoms with E-state index in [1.807, 2.05) is 0 Å². The van der Waals surface area contributed by atoms with E-state index in [-0.39, 0.29) is 5.00 Å². The predicted molar refractivity (Wildman–Crippen MR) is 45.3 cm³/mol. The summed E-state index contributed by atoms with van der Waals surface area (Å²) in [5, 5.41) is 2.82. The van der Waals surface area contributed by atoms with Crippen molar-refractivity contribution in [2.75, 3.05) is 5.73 Å². The number of sulfonamides is 1. The van der Waals surface area contributed by atoms with Gasteiger partial charge in [-0.15, -0.1) is 5.10 Å². The monoisotopic (exact) mass is 222 g/mol. The third-order valence-electron chi connectivity index (χ3n) is 1.01. The van der Waals surface area contributed by atoms with Crippen molar-refractivity contribution in [1.29, 1.82) is 0 Å². The lowest BCUT2D eigenvalue weighted by Crippen LogP contribution is -2.28. The van der Waals surface area contributed by atoms with E-state index in [1.165, 1.54) is 0 Å². The number of amides is 1. The minimum Gasteiger partial charge on any atom is -0.387 e. The van der Waals surface area contributed by atoms with Gasteiger partial charge in [0.2, 0.25) is 10.9 Å². The Hall–Kier alpha value is -1.22. The molecule has 0 aromatic carbocycles. The lowest BCUT2D eigenvalue weighted by Gasteiger charge is -1.99. The molecule has 0 unspecified atom stereocenters. The summed E-state index contributed by atoms with van der Waals surface area (Å²) in [6.45, 7) is 1.08. The van der Waals surface area contributed by atoms with Crippen LogP contribution in [0, 0.1) is 0 Å². The Balaban J connectivity index is 3.09. The van der Waals surface area contributed by atoms with E-state index in [1.54, 1.807) is 4.72 Å². The molecule has 9 heteroatoms. The number of nitrogen functional groups attached to an aromatic ring is 1. The summed E-state index contributed by atoms with van der Waals surface area (Å²) in [5.74, 6) is -0.701. The van der Waals surface area contributed by atoms with E-state index in [2.05, 4.69) is 9.59 Å². The topological polar surface area (TPSA) is 115 Å². The van der Waals surface area contributed by atoms with Crippen molar-refractivity contribution < 1.29 is 13.2 Å². The molecule has 1 amide bonds. The van der Waals surface area contributed by atoms with E-state index in [9.17, 15) is 13.2 Å². The van der Waals surface area contributed by atoms with Crippen LogP contribution >= 0.6 is 11.5 Å². The summed E-state index contributed by atoms with van der Waals surface area (Å²) >= 11 is 0.745. The number of carbonyl (C=O) groups is 1. The molecule has 0 radical (unpaired) electrons. The van der Waals surface area contributed by atoms with Gasteiger partial charge in [-0.2, -0.15) is 8.42 Å². The van der Waals surface area contributed by atoms with Crippen LogP contribution < -0.4 is 10.5 Å². The van der Waals surface area contributed by atoms with Gasteiger partial charge in [-0.25, -0.2) is 4.72 Å². The highest BCUT2D eigenvalue weighted by atomic mass is 32.2.